The minimum atomic E-state index is 0.502. The zero-order valence-corrected chi connectivity index (χ0v) is 12.0. The zero-order valence-electron chi connectivity index (χ0n) is 12.0. The monoisotopic (exact) mass is 249 g/mol. The van der Waals surface area contributed by atoms with Crippen LogP contribution in [0.1, 0.15) is 58.6 Å². The Balaban J connectivity index is 1.78. The molecule has 0 bridgehead atoms. The maximum Gasteiger partial charge on any atom is 0.105 e. The third kappa shape index (κ3) is 4.16. The van der Waals surface area contributed by atoms with E-state index in [9.17, 15) is 0 Å². The average Bonchev–Trinajstić information content (AvgIpc) is 2.72. The van der Waals surface area contributed by atoms with E-state index in [0.29, 0.717) is 17.5 Å². The maximum absolute atomic E-state index is 5.41. The van der Waals surface area contributed by atoms with E-state index >= 15 is 0 Å². The molecule has 0 aromatic carbocycles. The van der Waals surface area contributed by atoms with Crippen LogP contribution >= 0.6 is 0 Å². The summed E-state index contributed by atoms with van der Waals surface area (Å²) in [6.45, 7) is 7.07. The van der Waals surface area contributed by atoms with E-state index in [1.54, 1.807) is 6.26 Å². The molecular formula is C16H27NO. The third-order valence-corrected chi connectivity index (χ3v) is 4.18. The Morgan fingerprint density at radius 2 is 2.22 bits per heavy atom. The highest BCUT2D eigenvalue weighted by molar-refractivity contribution is 5.00. The van der Waals surface area contributed by atoms with Gasteiger partial charge in [-0.05, 0) is 50.2 Å². The smallest absolute Gasteiger partial charge is 0.105 e. The molecule has 2 atom stereocenters. The number of rotatable bonds is 4. The molecule has 1 saturated carbocycles. The Morgan fingerprint density at radius 1 is 1.39 bits per heavy atom. The lowest BCUT2D eigenvalue weighted by Gasteiger charge is -2.23. The Labute approximate surface area is 111 Å². The summed E-state index contributed by atoms with van der Waals surface area (Å²) in [6, 6.07) is 5.23. The molecule has 1 fully saturated rings. The van der Waals surface area contributed by atoms with Gasteiger partial charge in [0.15, 0.2) is 0 Å². The maximum atomic E-state index is 5.41. The summed E-state index contributed by atoms with van der Waals surface area (Å²) in [4.78, 5) is 0. The number of hydrogen-bond donors (Lipinski definition) is 1. The molecule has 0 aliphatic heterocycles. The minimum Gasteiger partial charge on any atom is -0.469 e. The van der Waals surface area contributed by atoms with E-state index in [1.807, 2.05) is 6.07 Å². The lowest BCUT2D eigenvalue weighted by molar-refractivity contribution is 0.306. The second kappa shape index (κ2) is 5.92. The first-order valence-corrected chi connectivity index (χ1v) is 7.34. The van der Waals surface area contributed by atoms with Crippen LogP contribution in [0.4, 0.5) is 0 Å². The predicted octanol–water partition coefficient (Wildman–Crippen LogP) is 4.16. The fourth-order valence-electron chi connectivity index (χ4n) is 3.02. The van der Waals surface area contributed by atoms with E-state index in [4.69, 9.17) is 4.42 Å². The molecule has 2 heteroatoms. The second-order valence-corrected chi connectivity index (χ2v) is 6.64. The van der Waals surface area contributed by atoms with E-state index < -0.39 is 0 Å². The summed E-state index contributed by atoms with van der Waals surface area (Å²) in [5.41, 5.74) is 0.542. The van der Waals surface area contributed by atoms with Gasteiger partial charge in [-0.3, -0.25) is 0 Å². The molecule has 1 aliphatic carbocycles. The van der Waals surface area contributed by atoms with Crippen molar-refractivity contribution in [2.75, 3.05) is 0 Å². The zero-order chi connectivity index (χ0) is 13.0. The van der Waals surface area contributed by atoms with Crippen molar-refractivity contribution in [3.63, 3.8) is 0 Å². The van der Waals surface area contributed by atoms with Crippen molar-refractivity contribution in [1.82, 2.24) is 5.32 Å². The topological polar surface area (TPSA) is 25.2 Å². The van der Waals surface area contributed by atoms with Crippen molar-refractivity contribution in [1.29, 1.82) is 0 Å². The largest absolute Gasteiger partial charge is 0.469 e. The van der Waals surface area contributed by atoms with Gasteiger partial charge in [0, 0.05) is 18.5 Å². The van der Waals surface area contributed by atoms with Crippen molar-refractivity contribution in [3.05, 3.63) is 24.2 Å². The van der Waals surface area contributed by atoms with Crippen LogP contribution in [0.5, 0.6) is 0 Å². The van der Waals surface area contributed by atoms with Gasteiger partial charge in [-0.2, -0.15) is 0 Å². The van der Waals surface area contributed by atoms with Crippen LogP contribution in [-0.4, -0.2) is 12.1 Å². The van der Waals surface area contributed by atoms with Gasteiger partial charge in [-0.1, -0.05) is 20.3 Å². The summed E-state index contributed by atoms with van der Waals surface area (Å²) in [6.07, 6.45) is 9.47. The fourth-order valence-corrected chi connectivity index (χ4v) is 3.02. The van der Waals surface area contributed by atoms with Crippen molar-refractivity contribution in [2.45, 2.75) is 71.4 Å². The van der Waals surface area contributed by atoms with E-state index in [0.717, 1.165) is 12.2 Å². The summed E-state index contributed by atoms with van der Waals surface area (Å²) >= 11 is 0. The summed E-state index contributed by atoms with van der Waals surface area (Å²) in [7, 11) is 0. The van der Waals surface area contributed by atoms with Gasteiger partial charge in [0.25, 0.3) is 0 Å². The Bertz CT molecular complexity index is 342. The lowest BCUT2D eigenvalue weighted by atomic mass is 9.85. The molecule has 0 saturated heterocycles. The van der Waals surface area contributed by atoms with Crippen LogP contribution in [0.2, 0.25) is 0 Å². The molecule has 2 rings (SSSR count). The van der Waals surface area contributed by atoms with Crippen molar-refractivity contribution >= 4 is 0 Å². The molecule has 1 aromatic rings. The van der Waals surface area contributed by atoms with Gasteiger partial charge in [0.2, 0.25) is 0 Å². The summed E-state index contributed by atoms with van der Waals surface area (Å²) in [5, 5.41) is 3.77. The third-order valence-electron chi connectivity index (χ3n) is 4.18. The van der Waals surface area contributed by atoms with Gasteiger partial charge in [-0.25, -0.2) is 0 Å². The fraction of sp³-hybridized carbons (Fsp3) is 0.750. The molecule has 0 radical (unpaired) electrons. The summed E-state index contributed by atoms with van der Waals surface area (Å²) < 4.78 is 5.41. The molecule has 0 spiro atoms. The van der Waals surface area contributed by atoms with E-state index in [-0.39, 0.29) is 0 Å². The highest BCUT2D eigenvalue weighted by atomic mass is 16.3. The number of hydrogen-bond acceptors (Lipinski definition) is 2. The Morgan fingerprint density at radius 3 is 2.94 bits per heavy atom. The van der Waals surface area contributed by atoms with Crippen molar-refractivity contribution < 1.29 is 4.42 Å². The average molecular weight is 249 g/mol. The highest BCUT2D eigenvalue weighted by Gasteiger charge is 2.24. The van der Waals surface area contributed by atoms with Crippen LogP contribution in [0, 0.1) is 5.41 Å². The van der Waals surface area contributed by atoms with Crippen LogP contribution in [0.3, 0.4) is 0 Å². The highest BCUT2D eigenvalue weighted by Crippen LogP contribution is 2.33. The standard InChI is InChI=1S/C16H27NO/c1-13(12-15-7-5-11-18-15)17-14-6-4-9-16(2,3)10-8-14/h5,7,11,13-14,17H,4,6,8-10,12H2,1-3H3. The first-order chi connectivity index (χ1) is 8.55. The van der Waals surface area contributed by atoms with Gasteiger partial charge >= 0.3 is 0 Å². The predicted molar refractivity (Wildman–Crippen MR) is 75.7 cm³/mol. The molecule has 1 aliphatic rings. The quantitative estimate of drug-likeness (QED) is 0.811. The molecule has 2 unspecified atom stereocenters. The Kier molecular flexibility index (Phi) is 4.50. The minimum absolute atomic E-state index is 0.502. The Hall–Kier alpha value is -0.760. The van der Waals surface area contributed by atoms with Crippen LogP contribution in [0.15, 0.2) is 22.8 Å². The molecule has 2 nitrogen and oxygen atoms in total. The van der Waals surface area contributed by atoms with Crippen LogP contribution in [0.25, 0.3) is 0 Å². The second-order valence-electron chi connectivity index (χ2n) is 6.64. The molecular weight excluding hydrogens is 222 g/mol. The first-order valence-electron chi connectivity index (χ1n) is 7.34. The molecule has 1 heterocycles. The number of furan rings is 1. The molecule has 0 amide bonds. The summed E-state index contributed by atoms with van der Waals surface area (Å²) in [5.74, 6) is 1.09. The molecule has 1 aromatic heterocycles. The first kappa shape index (κ1) is 13.7. The van der Waals surface area contributed by atoms with Crippen molar-refractivity contribution in [3.8, 4) is 0 Å². The lowest BCUT2D eigenvalue weighted by Crippen LogP contribution is -2.37. The van der Waals surface area contributed by atoms with Crippen LogP contribution in [-0.2, 0) is 6.42 Å². The molecule has 102 valence electrons. The molecule has 1 N–H and O–H groups in total. The van der Waals surface area contributed by atoms with E-state index in [1.165, 1.54) is 32.1 Å². The van der Waals surface area contributed by atoms with Gasteiger partial charge in [0.05, 0.1) is 6.26 Å². The normalized spacial score (nSPS) is 25.6. The van der Waals surface area contributed by atoms with Crippen LogP contribution < -0.4 is 5.32 Å². The number of nitrogens with one attached hydrogen (secondary N) is 1. The van der Waals surface area contributed by atoms with Gasteiger partial charge in [0.1, 0.15) is 5.76 Å². The van der Waals surface area contributed by atoms with E-state index in [2.05, 4.69) is 32.2 Å². The van der Waals surface area contributed by atoms with Gasteiger partial charge in [-0.15, -0.1) is 0 Å². The SMILES string of the molecule is CC(Cc1ccco1)NC1CCCC(C)(C)CC1. The molecule has 18 heavy (non-hydrogen) atoms. The van der Waals surface area contributed by atoms with Gasteiger partial charge < -0.3 is 9.73 Å². The van der Waals surface area contributed by atoms with Crippen molar-refractivity contribution in [2.24, 2.45) is 5.41 Å².